The lowest BCUT2D eigenvalue weighted by Crippen LogP contribution is -2.18. The molecule has 7 aromatic carbocycles. The van der Waals surface area contributed by atoms with E-state index >= 15 is 0 Å². The molecule has 7 aromatic rings. The summed E-state index contributed by atoms with van der Waals surface area (Å²) in [6.07, 6.45) is 1.05. The zero-order chi connectivity index (χ0) is 32.7. The predicted molar refractivity (Wildman–Crippen MR) is 203 cm³/mol. The summed E-state index contributed by atoms with van der Waals surface area (Å²) in [5.74, 6) is 0. The second-order valence-electron chi connectivity index (χ2n) is 12.2. The Balaban J connectivity index is 1.19. The number of anilines is 2. The van der Waals surface area contributed by atoms with Gasteiger partial charge in [-0.05, 0) is 56.9 Å². The molecule has 0 aliphatic carbocycles. The van der Waals surface area contributed by atoms with E-state index in [1.807, 2.05) is 72.8 Å². The van der Waals surface area contributed by atoms with Gasteiger partial charge >= 0.3 is 0 Å². The SMILES string of the molecule is N=C(CC(Nc1ccccc1)c1ccc(C(CC(=N)c2cccc3ccccc23)Nc2ccccc2)cc1)c1cccc2ccccc12. The maximum Gasteiger partial charge on any atom is 0.0569 e. The molecule has 0 aromatic heterocycles. The minimum Gasteiger partial charge on any atom is -0.378 e. The highest BCUT2D eigenvalue weighted by atomic mass is 14.9. The highest BCUT2D eigenvalue weighted by molar-refractivity contribution is 6.10. The molecule has 48 heavy (non-hydrogen) atoms. The van der Waals surface area contributed by atoms with E-state index in [4.69, 9.17) is 0 Å². The summed E-state index contributed by atoms with van der Waals surface area (Å²) in [7, 11) is 0. The van der Waals surface area contributed by atoms with Crippen LogP contribution in [0.5, 0.6) is 0 Å². The maximum atomic E-state index is 9.24. The summed E-state index contributed by atoms with van der Waals surface area (Å²) < 4.78 is 0. The number of fused-ring (bicyclic) bond motifs is 2. The number of benzene rings is 7. The molecule has 234 valence electrons. The van der Waals surface area contributed by atoms with Gasteiger partial charge in [-0.3, -0.25) is 0 Å². The molecule has 0 amide bonds. The molecule has 2 atom stereocenters. The first kappa shape index (κ1) is 30.6. The highest BCUT2D eigenvalue weighted by Gasteiger charge is 2.20. The second kappa shape index (κ2) is 14.2. The summed E-state index contributed by atoms with van der Waals surface area (Å²) in [6, 6.07) is 57.9. The molecular weight excluding hydrogens is 585 g/mol. The van der Waals surface area contributed by atoms with E-state index in [9.17, 15) is 10.8 Å². The molecule has 2 unspecified atom stereocenters. The van der Waals surface area contributed by atoms with Crippen LogP contribution in [0.15, 0.2) is 170 Å². The summed E-state index contributed by atoms with van der Waals surface area (Å²) in [4.78, 5) is 0. The molecule has 7 rings (SSSR count). The van der Waals surface area contributed by atoms with Crippen LogP contribution in [0, 0.1) is 10.8 Å². The molecule has 0 aliphatic rings. The summed E-state index contributed by atoms with van der Waals surface area (Å²) in [5, 5.41) is 30.4. The van der Waals surface area contributed by atoms with Crippen molar-refractivity contribution in [2.45, 2.75) is 24.9 Å². The van der Waals surface area contributed by atoms with Crippen molar-refractivity contribution in [3.8, 4) is 0 Å². The third kappa shape index (κ3) is 6.89. The molecule has 0 aliphatic heterocycles. The van der Waals surface area contributed by atoms with Gasteiger partial charge in [-0.2, -0.15) is 0 Å². The third-order valence-electron chi connectivity index (χ3n) is 9.02. The average Bonchev–Trinajstić information content (AvgIpc) is 3.14. The first-order valence-corrected chi connectivity index (χ1v) is 16.5. The standard InChI is InChI=1S/C44H38N4/c45-41(39-23-11-15-31-13-7-9-21-37(31)39)29-43(47-35-17-3-1-4-18-35)33-25-27-34(28-26-33)44(48-36-19-5-2-6-20-36)30-42(46)40-24-12-16-32-14-8-10-22-38(32)40/h1-28,43-48H,29-30H2. The topological polar surface area (TPSA) is 71.8 Å². The largest absolute Gasteiger partial charge is 0.378 e. The van der Waals surface area contributed by atoms with Crippen molar-refractivity contribution in [2.24, 2.45) is 0 Å². The molecule has 4 heteroatoms. The molecule has 4 nitrogen and oxygen atoms in total. The van der Waals surface area contributed by atoms with Crippen molar-refractivity contribution < 1.29 is 0 Å². The normalized spacial score (nSPS) is 12.3. The molecule has 0 heterocycles. The number of hydrogen-bond donors (Lipinski definition) is 4. The molecule has 0 bridgehead atoms. The summed E-state index contributed by atoms with van der Waals surface area (Å²) >= 11 is 0. The Morgan fingerprint density at radius 1 is 0.396 bits per heavy atom. The van der Waals surface area contributed by atoms with Gasteiger partial charge in [0.15, 0.2) is 0 Å². The fraction of sp³-hybridized carbons (Fsp3) is 0.0909. The Bertz CT molecular complexity index is 2000. The lowest BCUT2D eigenvalue weighted by atomic mass is 9.91. The van der Waals surface area contributed by atoms with Gasteiger partial charge in [-0.15, -0.1) is 0 Å². The quantitative estimate of drug-likeness (QED) is 0.102. The van der Waals surface area contributed by atoms with Crippen molar-refractivity contribution in [3.63, 3.8) is 0 Å². The van der Waals surface area contributed by atoms with E-state index < -0.39 is 0 Å². The van der Waals surface area contributed by atoms with E-state index in [-0.39, 0.29) is 12.1 Å². The van der Waals surface area contributed by atoms with Gasteiger partial charge in [0.25, 0.3) is 0 Å². The van der Waals surface area contributed by atoms with Crippen LogP contribution >= 0.6 is 0 Å². The zero-order valence-corrected chi connectivity index (χ0v) is 26.7. The zero-order valence-electron chi connectivity index (χ0n) is 26.7. The predicted octanol–water partition coefficient (Wildman–Crippen LogP) is 11.2. The minimum atomic E-state index is -0.109. The van der Waals surface area contributed by atoms with Crippen LogP contribution in [0.1, 0.15) is 47.2 Å². The number of hydrogen-bond acceptors (Lipinski definition) is 4. The van der Waals surface area contributed by atoms with Gasteiger partial charge in [-0.25, -0.2) is 0 Å². The Labute approximate surface area is 282 Å². The van der Waals surface area contributed by atoms with E-state index in [0.29, 0.717) is 24.3 Å². The van der Waals surface area contributed by atoms with E-state index in [2.05, 4.69) is 108 Å². The van der Waals surface area contributed by atoms with Gasteiger partial charge in [0, 0.05) is 46.8 Å². The molecular formula is C44H38N4. The number of para-hydroxylation sites is 2. The summed E-state index contributed by atoms with van der Waals surface area (Å²) in [5.41, 5.74) is 7.36. The Kier molecular flexibility index (Phi) is 9.06. The number of rotatable bonds is 12. The first-order chi connectivity index (χ1) is 23.6. The molecule has 0 fully saturated rings. The fourth-order valence-corrected chi connectivity index (χ4v) is 6.54. The van der Waals surface area contributed by atoms with Gasteiger partial charge < -0.3 is 21.5 Å². The second-order valence-corrected chi connectivity index (χ2v) is 12.2. The molecule has 4 N–H and O–H groups in total. The van der Waals surface area contributed by atoms with Crippen molar-refractivity contribution >= 4 is 44.3 Å². The molecule has 0 saturated carbocycles. The third-order valence-corrected chi connectivity index (χ3v) is 9.02. The van der Waals surface area contributed by atoms with Crippen LogP contribution in [-0.2, 0) is 0 Å². The smallest absolute Gasteiger partial charge is 0.0569 e. The van der Waals surface area contributed by atoms with Crippen LogP contribution in [-0.4, -0.2) is 11.4 Å². The van der Waals surface area contributed by atoms with Crippen LogP contribution in [0.25, 0.3) is 21.5 Å². The Morgan fingerprint density at radius 2 is 0.750 bits per heavy atom. The Hall–Kier alpha value is -6.00. The van der Waals surface area contributed by atoms with Gasteiger partial charge in [0.05, 0.1) is 12.1 Å². The monoisotopic (exact) mass is 622 g/mol. The van der Waals surface area contributed by atoms with E-state index in [1.165, 1.54) is 0 Å². The van der Waals surface area contributed by atoms with Crippen LogP contribution in [0.2, 0.25) is 0 Å². The Morgan fingerprint density at radius 3 is 1.17 bits per heavy atom. The molecule has 0 spiro atoms. The lowest BCUT2D eigenvalue weighted by molar-refractivity contribution is 0.801. The van der Waals surface area contributed by atoms with Crippen molar-refractivity contribution in [3.05, 3.63) is 192 Å². The van der Waals surface area contributed by atoms with Gasteiger partial charge in [0.2, 0.25) is 0 Å². The fourth-order valence-electron chi connectivity index (χ4n) is 6.54. The first-order valence-electron chi connectivity index (χ1n) is 16.5. The van der Waals surface area contributed by atoms with Crippen LogP contribution < -0.4 is 10.6 Å². The van der Waals surface area contributed by atoms with Crippen LogP contribution in [0.3, 0.4) is 0 Å². The lowest BCUT2D eigenvalue weighted by Gasteiger charge is -2.24. The van der Waals surface area contributed by atoms with Crippen molar-refractivity contribution in [1.82, 2.24) is 0 Å². The summed E-state index contributed by atoms with van der Waals surface area (Å²) in [6.45, 7) is 0. The van der Waals surface area contributed by atoms with E-state index in [1.54, 1.807) is 0 Å². The molecule has 0 radical (unpaired) electrons. The van der Waals surface area contributed by atoms with Gasteiger partial charge in [-0.1, -0.05) is 146 Å². The minimum absolute atomic E-state index is 0.109. The van der Waals surface area contributed by atoms with Crippen molar-refractivity contribution in [2.75, 3.05) is 10.6 Å². The molecule has 0 saturated heterocycles. The maximum absolute atomic E-state index is 9.24. The average molecular weight is 623 g/mol. The van der Waals surface area contributed by atoms with Gasteiger partial charge in [0.1, 0.15) is 0 Å². The van der Waals surface area contributed by atoms with Crippen LogP contribution in [0.4, 0.5) is 11.4 Å². The highest BCUT2D eigenvalue weighted by Crippen LogP contribution is 2.31. The van der Waals surface area contributed by atoms with Crippen molar-refractivity contribution in [1.29, 1.82) is 10.8 Å². The van der Waals surface area contributed by atoms with E-state index in [0.717, 1.165) is 55.2 Å². The number of nitrogens with one attached hydrogen (secondary N) is 4.